The third-order valence-electron chi connectivity index (χ3n) is 7.92. The van der Waals surface area contributed by atoms with Gasteiger partial charge in [0, 0.05) is 24.3 Å². The van der Waals surface area contributed by atoms with Crippen molar-refractivity contribution < 1.29 is 49.4 Å². The Morgan fingerprint density at radius 3 is 1.06 bits per heavy atom. The first-order valence-corrected chi connectivity index (χ1v) is 16.1. The van der Waals surface area contributed by atoms with Gasteiger partial charge in [-0.3, -0.25) is 20.0 Å². The molecule has 9 heteroatoms. The van der Waals surface area contributed by atoms with Gasteiger partial charge in [-0.2, -0.15) is 0 Å². The van der Waals surface area contributed by atoms with Crippen LogP contribution in [0.5, 0.6) is 11.5 Å². The first-order chi connectivity index (χ1) is 23.3. The van der Waals surface area contributed by atoms with Crippen LogP contribution in [-0.4, -0.2) is 59.0 Å². The van der Waals surface area contributed by atoms with Crippen LogP contribution in [0.3, 0.4) is 0 Å². The van der Waals surface area contributed by atoms with Crippen LogP contribution in [-0.2, 0) is 13.2 Å². The fourth-order valence-corrected chi connectivity index (χ4v) is 4.95. The average Bonchev–Trinajstić information content (AvgIpc) is 3.12. The number of ether oxygens (including phenoxy) is 2. The molecule has 0 atom stereocenters. The van der Waals surface area contributed by atoms with E-state index >= 15 is 0 Å². The molecule has 1 aliphatic rings. The monoisotopic (exact) mass is 796 g/mol. The summed E-state index contributed by atoms with van der Waals surface area (Å²) in [4.78, 5) is 29.0. The van der Waals surface area contributed by atoms with Gasteiger partial charge in [-0.05, 0) is 49.9 Å². The molecule has 0 saturated heterocycles. The van der Waals surface area contributed by atoms with Crippen molar-refractivity contribution in [2.75, 3.05) is 26.2 Å². The Morgan fingerprint density at radius 1 is 0.510 bits per heavy atom. The Balaban J connectivity index is 0.00000541. The molecule has 0 N–H and O–H groups in total. The summed E-state index contributed by atoms with van der Waals surface area (Å²) >= 11 is 0. The molecule has 1 aliphatic heterocycles. The van der Waals surface area contributed by atoms with Crippen LogP contribution < -0.4 is 9.47 Å². The van der Waals surface area contributed by atoms with Gasteiger partial charge in [-0.15, -0.1) is 0 Å². The van der Waals surface area contributed by atoms with E-state index in [1.54, 1.807) is 0 Å². The van der Waals surface area contributed by atoms with Gasteiger partial charge in [0.25, 0.3) is 0 Å². The summed E-state index contributed by atoms with van der Waals surface area (Å²) in [5.41, 5.74) is 10.4. The molecule has 0 saturated carbocycles. The third-order valence-corrected chi connectivity index (χ3v) is 7.92. The van der Waals surface area contributed by atoms with Gasteiger partial charge in [0.2, 0.25) is 0 Å². The smallest absolute Gasteiger partial charge is 0.489 e. The molecule has 4 aromatic rings. The Kier molecular flexibility index (Phi) is 14.2. The van der Waals surface area contributed by atoms with E-state index in [2.05, 4.69) is 13.2 Å². The van der Waals surface area contributed by atoms with E-state index < -0.39 is 0 Å². The SMILES string of the molecule is C=Cc1ccc(COc2cc3nc(c2)C(C)=NCCN=C(C)c2cc(OCc4ccc(C=C)cc4)cc(n2)C(C)=NCCN=C3C)cc1.[Gd+3]. The van der Waals surface area contributed by atoms with Crippen LogP contribution in [0.1, 0.15) is 72.7 Å². The number of hydrogen-bond acceptors (Lipinski definition) is 8. The minimum absolute atomic E-state index is 0. The van der Waals surface area contributed by atoms with Crippen LogP contribution in [0.4, 0.5) is 0 Å². The van der Waals surface area contributed by atoms with Gasteiger partial charge >= 0.3 is 39.9 Å². The van der Waals surface area contributed by atoms with Crippen molar-refractivity contribution in [3.05, 3.63) is 131 Å². The molecule has 0 fully saturated rings. The zero-order chi connectivity index (χ0) is 33.9. The number of benzene rings is 2. The predicted octanol–water partition coefficient (Wildman–Crippen LogP) is 7.87. The van der Waals surface area contributed by atoms with Gasteiger partial charge in [0.15, 0.2) is 0 Å². The molecule has 49 heavy (non-hydrogen) atoms. The van der Waals surface area contributed by atoms with Crippen molar-refractivity contribution in [2.45, 2.75) is 40.9 Å². The van der Waals surface area contributed by atoms with E-state index in [1.165, 1.54) is 0 Å². The molecule has 2 aromatic heterocycles. The van der Waals surface area contributed by atoms with E-state index in [-0.39, 0.29) is 39.9 Å². The standard InChI is InChI=1S/C40H42N6O2.Gd/c1-7-31-9-13-33(14-10-31)25-47-35-21-37-27(3)41-17-19-43-29(5)39-23-36(48-26-34-15-11-32(8-2)12-16-34)24-40(46-39)30(6)44-20-18-42-28(4)38(22-35)45-37;/h7-16,21-24H,1-2,17-20,25-26H2,3-6H3;/q;+3. The van der Waals surface area contributed by atoms with Crippen molar-refractivity contribution in [1.29, 1.82) is 0 Å². The summed E-state index contributed by atoms with van der Waals surface area (Å²) in [6.07, 6.45) is 3.65. The van der Waals surface area contributed by atoms with Gasteiger partial charge < -0.3 is 9.47 Å². The molecule has 249 valence electrons. The molecule has 4 bridgehead atoms. The topological polar surface area (TPSA) is 93.7 Å². The summed E-state index contributed by atoms with van der Waals surface area (Å²) < 4.78 is 12.5. The molecular formula is C40H42GdN6O2+3. The predicted molar refractivity (Wildman–Crippen MR) is 199 cm³/mol. The minimum Gasteiger partial charge on any atom is -0.489 e. The number of rotatable bonds is 8. The second-order valence-electron chi connectivity index (χ2n) is 11.5. The summed E-state index contributed by atoms with van der Waals surface area (Å²) in [7, 11) is 0. The molecule has 0 amide bonds. The van der Waals surface area contributed by atoms with Gasteiger partial charge in [-0.25, -0.2) is 9.97 Å². The first kappa shape index (κ1) is 37.6. The van der Waals surface area contributed by atoms with Crippen LogP contribution in [0.25, 0.3) is 12.2 Å². The summed E-state index contributed by atoms with van der Waals surface area (Å²) in [5.74, 6) is 1.42. The largest absolute Gasteiger partial charge is 3.00 e. The van der Waals surface area contributed by atoms with Crippen molar-refractivity contribution >= 4 is 35.0 Å². The van der Waals surface area contributed by atoms with Crippen LogP contribution >= 0.6 is 0 Å². The maximum Gasteiger partial charge on any atom is 3.00 e. The third kappa shape index (κ3) is 10.9. The molecule has 0 unspecified atom stereocenters. The molecule has 1 radical (unpaired) electrons. The van der Waals surface area contributed by atoms with Crippen molar-refractivity contribution in [3.8, 4) is 11.5 Å². The maximum absolute atomic E-state index is 6.23. The maximum atomic E-state index is 6.23. The Morgan fingerprint density at radius 2 is 0.796 bits per heavy atom. The fourth-order valence-electron chi connectivity index (χ4n) is 4.95. The number of nitrogens with zero attached hydrogens (tertiary/aromatic N) is 6. The minimum atomic E-state index is 0. The first-order valence-electron chi connectivity index (χ1n) is 16.1. The van der Waals surface area contributed by atoms with Gasteiger partial charge in [0.1, 0.15) is 24.7 Å². The van der Waals surface area contributed by atoms with Crippen molar-refractivity contribution in [2.24, 2.45) is 20.0 Å². The Bertz CT molecular complexity index is 1680. The normalized spacial score (nSPS) is 13.6. The summed E-state index contributed by atoms with van der Waals surface area (Å²) in [6.45, 7) is 18.3. The Hall–Kier alpha value is -4.18. The number of aromatic nitrogens is 2. The second-order valence-corrected chi connectivity index (χ2v) is 11.5. The Labute approximate surface area is 321 Å². The number of pyridine rings is 2. The molecular weight excluding hydrogens is 754 g/mol. The zero-order valence-corrected chi connectivity index (χ0v) is 30.9. The number of aliphatic imine (C=N–C) groups is 4. The van der Waals surface area contributed by atoms with E-state index in [0.29, 0.717) is 50.9 Å². The van der Waals surface area contributed by atoms with E-state index in [9.17, 15) is 0 Å². The zero-order valence-electron chi connectivity index (χ0n) is 28.6. The molecule has 0 aliphatic carbocycles. The summed E-state index contributed by atoms with van der Waals surface area (Å²) in [6, 6.07) is 24.0. The van der Waals surface area contributed by atoms with E-state index in [1.807, 2.05) is 113 Å². The molecule has 3 heterocycles. The fraction of sp³-hybridized carbons (Fsp3) is 0.250. The van der Waals surface area contributed by atoms with Crippen molar-refractivity contribution in [3.63, 3.8) is 0 Å². The van der Waals surface area contributed by atoms with Gasteiger partial charge in [-0.1, -0.05) is 73.8 Å². The molecule has 2 aromatic carbocycles. The van der Waals surface area contributed by atoms with Crippen LogP contribution in [0, 0.1) is 39.9 Å². The van der Waals surface area contributed by atoms with Crippen LogP contribution in [0.15, 0.2) is 106 Å². The summed E-state index contributed by atoms with van der Waals surface area (Å²) in [5, 5.41) is 0. The second kappa shape index (κ2) is 18.5. The average molecular weight is 796 g/mol. The van der Waals surface area contributed by atoms with Crippen molar-refractivity contribution in [1.82, 2.24) is 9.97 Å². The quantitative estimate of drug-likeness (QED) is 0.182. The van der Waals surface area contributed by atoms with E-state index in [0.717, 1.165) is 67.9 Å². The molecule has 8 nitrogen and oxygen atoms in total. The van der Waals surface area contributed by atoms with Gasteiger partial charge in [0.05, 0.1) is 71.8 Å². The number of fused-ring (bicyclic) bond motifs is 4. The van der Waals surface area contributed by atoms with Crippen LogP contribution in [0.2, 0.25) is 0 Å². The number of hydrogen-bond donors (Lipinski definition) is 0. The van der Waals surface area contributed by atoms with E-state index in [4.69, 9.17) is 39.4 Å². The molecule has 0 spiro atoms. The molecule has 5 rings (SSSR count).